The third-order valence-corrected chi connectivity index (χ3v) is 2.72. The predicted octanol–water partition coefficient (Wildman–Crippen LogP) is 2.90. The van der Waals surface area contributed by atoms with Gasteiger partial charge in [-0.3, -0.25) is 9.48 Å². The number of aromatic nitrogens is 2. The van der Waals surface area contributed by atoms with Crippen LogP contribution in [0.15, 0.2) is 6.07 Å². The van der Waals surface area contributed by atoms with Gasteiger partial charge in [-0.2, -0.15) is 5.10 Å². The fourth-order valence-corrected chi connectivity index (χ4v) is 1.88. The number of hydrogen-bond donors (Lipinski definition) is 0. The van der Waals surface area contributed by atoms with E-state index < -0.39 is 0 Å². The van der Waals surface area contributed by atoms with Gasteiger partial charge in [-0.25, -0.2) is 0 Å². The molecule has 0 unspecified atom stereocenters. The predicted molar refractivity (Wildman–Crippen MR) is 65.5 cm³/mol. The summed E-state index contributed by atoms with van der Waals surface area (Å²) >= 11 is 0. The molecule has 0 aliphatic carbocycles. The lowest BCUT2D eigenvalue weighted by Crippen LogP contribution is -2.09. The summed E-state index contributed by atoms with van der Waals surface area (Å²) in [5.74, 6) is 0.336. The van der Waals surface area contributed by atoms with Crippen molar-refractivity contribution in [3.8, 4) is 0 Å². The Morgan fingerprint density at radius 3 is 2.75 bits per heavy atom. The average molecular weight is 222 g/mol. The van der Waals surface area contributed by atoms with E-state index >= 15 is 0 Å². The molecule has 0 bridgehead atoms. The summed E-state index contributed by atoms with van der Waals surface area (Å²) in [5.41, 5.74) is 2.06. The number of Topliss-reactive ketones (excluding diaryl/α,β-unsaturated/α-hetero) is 1. The Bertz CT molecular complexity index is 342. The van der Waals surface area contributed by atoms with E-state index in [1.165, 1.54) is 6.42 Å². The molecule has 16 heavy (non-hydrogen) atoms. The molecular formula is C13H22N2O. The van der Waals surface area contributed by atoms with E-state index in [4.69, 9.17) is 0 Å². The summed E-state index contributed by atoms with van der Waals surface area (Å²) in [7, 11) is 0. The first-order valence-corrected chi connectivity index (χ1v) is 6.22. The van der Waals surface area contributed by atoms with Crippen LogP contribution in [0.1, 0.15) is 50.9 Å². The van der Waals surface area contributed by atoms with Crippen molar-refractivity contribution in [1.82, 2.24) is 9.78 Å². The Hall–Kier alpha value is -1.12. The van der Waals surface area contributed by atoms with Gasteiger partial charge in [0.1, 0.15) is 5.78 Å². The van der Waals surface area contributed by atoms with Crippen LogP contribution < -0.4 is 0 Å². The summed E-state index contributed by atoms with van der Waals surface area (Å²) in [4.78, 5) is 11.7. The second kappa shape index (κ2) is 6.46. The van der Waals surface area contributed by atoms with Crippen molar-refractivity contribution < 1.29 is 4.79 Å². The minimum Gasteiger partial charge on any atom is -0.299 e. The van der Waals surface area contributed by atoms with Crippen LogP contribution in [-0.2, 0) is 17.8 Å². The minimum atomic E-state index is 0.336. The van der Waals surface area contributed by atoms with E-state index in [-0.39, 0.29) is 0 Å². The minimum absolute atomic E-state index is 0.336. The third kappa shape index (κ3) is 3.80. The normalized spacial score (nSPS) is 10.7. The van der Waals surface area contributed by atoms with Gasteiger partial charge in [-0.15, -0.1) is 0 Å². The van der Waals surface area contributed by atoms with E-state index in [2.05, 4.69) is 18.9 Å². The lowest BCUT2D eigenvalue weighted by Gasteiger charge is -2.03. The Morgan fingerprint density at radius 2 is 2.12 bits per heavy atom. The SMILES string of the molecule is CCCCCC(=O)Cc1cc(C)nn1CC. The van der Waals surface area contributed by atoms with Crippen molar-refractivity contribution in [2.45, 2.75) is 59.4 Å². The molecule has 0 spiro atoms. The van der Waals surface area contributed by atoms with Gasteiger partial charge >= 0.3 is 0 Å². The van der Waals surface area contributed by atoms with Gasteiger partial charge < -0.3 is 0 Å². The molecule has 0 aliphatic heterocycles. The topological polar surface area (TPSA) is 34.9 Å². The molecule has 1 rings (SSSR count). The first kappa shape index (κ1) is 12.9. The number of rotatable bonds is 7. The molecule has 3 heteroatoms. The molecule has 0 aliphatic rings. The van der Waals surface area contributed by atoms with Crippen LogP contribution >= 0.6 is 0 Å². The Balaban J connectivity index is 2.48. The monoisotopic (exact) mass is 222 g/mol. The molecule has 0 saturated heterocycles. The Labute approximate surface area is 97.8 Å². The molecule has 1 heterocycles. The molecule has 0 radical (unpaired) electrons. The fraction of sp³-hybridized carbons (Fsp3) is 0.692. The smallest absolute Gasteiger partial charge is 0.138 e. The maximum absolute atomic E-state index is 11.7. The van der Waals surface area contributed by atoms with Gasteiger partial charge in [-0.1, -0.05) is 19.8 Å². The maximum atomic E-state index is 11.7. The van der Waals surface area contributed by atoms with Crippen LogP contribution in [0.5, 0.6) is 0 Å². The number of ketones is 1. The molecule has 90 valence electrons. The first-order valence-electron chi connectivity index (χ1n) is 6.22. The van der Waals surface area contributed by atoms with Crippen molar-refractivity contribution in [2.75, 3.05) is 0 Å². The number of unbranched alkanes of at least 4 members (excludes halogenated alkanes) is 2. The maximum Gasteiger partial charge on any atom is 0.138 e. The van der Waals surface area contributed by atoms with Crippen molar-refractivity contribution in [3.05, 3.63) is 17.5 Å². The summed E-state index contributed by atoms with van der Waals surface area (Å²) < 4.78 is 1.92. The highest BCUT2D eigenvalue weighted by atomic mass is 16.1. The van der Waals surface area contributed by atoms with Crippen LogP contribution in [-0.4, -0.2) is 15.6 Å². The summed E-state index contributed by atoms with van der Waals surface area (Å²) in [5, 5.41) is 4.34. The first-order chi connectivity index (χ1) is 7.67. The van der Waals surface area contributed by atoms with Crippen LogP contribution in [0.4, 0.5) is 0 Å². The highest BCUT2D eigenvalue weighted by molar-refractivity contribution is 5.80. The second-order valence-electron chi connectivity index (χ2n) is 4.27. The molecule has 0 N–H and O–H groups in total. The zero-order valence-electron chi connectivity index (χ0n) is 10.6. The number of nitrogens with zero attached hydrogens (tertiary/aromatic N) is 2. The second-order valence-corrected chi connectivity index (χ2v) is 4.27. The molecule has 0 amide bonds. The van der Waals surface area contributed by atoms with Gasteiger partial charge in [0.25, 0.3) is 0 Å². The van der Waals surface area contributed by atoms with Crippen LogP contribution in [0.3, 0.4) is 0 Å². The van der Waals surface area contributed by atoms with E-state index in [9.17, 15) is 4.79 Å². The van der Waals surface area contributed by atoms with Crippen LogP contribution in [0, 0.1) is 6.92 Å². The Morgan fingerprint density at radius 1 is 1.38 bits per heavy atom. The molecule has 0 saturated carbocycles. The summed E-state index contributed by atoms with van der Waals surface area (Å²) in [6, 6.07) is 2.02. The van der Waals surface area contributed by atoms with Crippen molar-refractivity contribution >= 4 is 5.78 Å². The van der Waals surface area contributed by atoms with Gasteiger partial charge in [-0.05, 0) is 26.3 Å². The quantitative estimate of drug-likeness (QED) is 0.665. The summed E-state index contributed by atoms with van der Waals surface area (Å²) in [6.07, 6.45) is 4.59. The van der Waals surface area contributed by atoms with Gasteiger partial charge in [0.05, 0.1) is 5.69 Å². The lowest BCUT2D eigenvalue weighted by atomic mass is 10.1. The summed E-state index contributed by atoms with van der Waals surface area (Å²) in [6.45, 7) is 7.01. The standard InChI is InChI=1S/C13H22N2O/c1-4-6-7-8-13(16)10-12-9-11(3)14-15(12)5-2/h9H,4-8,10H2,1-3H3. The largest absolute Gasteiger partial charge is 0.299 e. The number of aryl methyl sites for hydroxylation is 2. The Kier molecular flexibility index (Phi) is 5.23. The molecule has 0 fully saturated rings. The molecule has 1 aromatic rings. The molecule has 0 atom stereocenters. The van der Waals surface area contributed by atoms with Crippen LogP contribution in [0.25, 0.3) is 0 Å². The van der Waals surface area contributed by atoms with Crippen molar-refractivity contribution in [2.24, 2.45) is 0 Å². The van der Waals surface area contributed by atoms with Crippen molar-refractivity contribution in [3.63, 3.8) is 0 Å². The van der Waals surface area contributed by atoms with Crippen LogP contribution in [0.2, 0.25) is 0 Å². The van der Waals surface area contributed by atoms with E-state index in [0.717, 1.165) is 30.8 Å². The van der Waals surface area contributed by atoms with Gasteiger partial charge in [0.15, 0.2) is 0 Å². The van der Waals surface area contributed by atoms with Crippen molar-refractivity contribution in [1.29, 1.82) is 0 Å². The lowest BCUT2D eigenvalue weighted by molar-refractivity contribution is -0.118. The highest BCUT2D eigenvalue weighted by Gasteiger charge is 2.09. The fourth-order valence-electron chi connectivity index (χ4n) is 1.88. The zero-order valence-corrected chi connectivity index (χ0v) is 10.6. The highest BCUT2D eigenvalue weighted by Crippen LogP contribution is 2.08. The van der Waals surface area contributed by atoms with E-state index in [1.54, 1.807) is 0 Å². The zero-order chi connectivity index (χ0) is 12.0. The van der Waals surface area contributed by atoms with Gasteiger partial charge in [0, 0.05) is 25.1 Å². The molecular weight excluding hydrogens is 200 g/mol. The molecule has 1 aromatic heterocycles. The number of carbonyl (C=O) groups excluding carboxylic acids is 1. The molecule has 3 nitrogen and oxygen atoms in total. The number of carbonyl (C=O) groups is 1. The average Bonchev–Trinajstić information content (AvgIpc) is 2.59. The molecule has 0 aromatic carbocycles. The van der Waals surface area contributed by atoms with E-state index in [1.807, 2.05) is 17.7 Å². The third-order valence-electron chi connectivity index (χ3n) is 2.72. The van der Waals surface area contributed by atoms with E-state index in [0.29, 0.717) is 18.6 Å². The number of hydrogen-bond acceptors (Lipinski definition) is 2. The van der Waals surface area contributed by atoms with Gasteiger partial charge in [0.2, 0.25) is 0 Å².